The number of aryl methyl sites for hydroxylation is 1. The average Bonchev–Trinajstić information content (AvgIpc) is 2.70. The average molecular weight is 246 g/mol. The van der Waals surface area contributed by atoms with Crippen LogP contribution in [0.3, 0.4) is 0 Å². The van der Waals surface area contributed by atoms with Crippen LogP contribution in [0, 0.1) is 0 Å². The topological polar surface area (TPSA) is 71.3 Å². The first-order valence-electron chi connectivity index (χ1n) is 5.63. The Balaban J connectivity index is 2.10. The van der Waals surface area contributed by atoms with E-state index in [1.165, 1.54) is 0 Å². The number of aromatic nitrogens is 1. The van der Waals surface area contributed by atoms with E-state index >= 15 is 0 Å². The summed E-state index contributed by atoms with van der Waals surface area (Å²) in [7, 11) is 1.94. The molecule has 0 unspecified atom stereocenters. The van der Waals surface area contributed by atoms with E-state index in [4.69, 9.17) is 5.11 Å². The number of benzene rings is 1. The summed E-state index contributed by atoms with van der Waals surface area (Å²) in [5.74, 6) is -1.17. The van der Waals surface area contributed by atoms with Gasteiger partial charge in [-0.1, -0.05) is 0 Å². The lowest BCUT2D eigenvalue weighted by Crippen LogP contribution is -2.25. The van der Waals surface area contributed by atoms with Crippen molar-refractivity contribution in [1.29, 1.82) is 0 Å². The van der Waals surface area contributed by atoms with Crippen LogP contribution in [0.1, 0.15) is 16.8 Å². The normalized spacial score (nSPS) is 10.5. The van der Waals surface area contributed by atoms with Crippen molar-refractivity contribution in [3.63, 3.8) is 0 Å². The molecule has 2 rings (SSSR count). The standard InChI is InChI=1S/C13H14N2O3/c1-15-7-5-9-8-10(2-3-11(9)15)13(18)14-6-4-12(16)17/h2-3,5,7-8H,4,6H2,1H3,(H,14,18)(H,16,17). The van der Waals surface area contributed by atoms with E-state index in [9.17, 15) is 9.59 Å². The third-order valence-electron chi connectivity index (χ3n) is 2.77. The van der Waals surface area contributed by atoms with Gasteiger partial charge in [0.25, 0.3) is 5.91 Å². The number of carboxylic acids is 1. The molecule has 1 heterocycles. The zero-order valence-corrected chi connectivity index (χ0v) is 10.0. The summed E-state index contributed by atoms with van der Waals surface area (Å²) in [6, 6.07) is 7.34. The summed E-state index contributed by atoms with van der Waals surface area (Å²) < 4.78 is 1.97. The van der Waals surface area contributed by atoms with Crippen LogP contribution in [0.15, 0.2) is 30.5 Å². The van der Waals surface area contributed by atoms with Crippen LogP contribution in [0.4, 0.5) is 0 Å². The van der Waals surface area contributed by atoms with Crippen LogP contribution in [0.2, 0.25) is 0 Å². The fourth-order valence-electron chi connectivity index (χ4n) is 1.81. The summed E-state index contributed by atoms with van der Waals surface area (Å²) >= 11 is 0. The van der Waals surface area contributed by atoms with E-state index < -0.39 is 5.97 Å². The second-order valence-corrected chi connectivity index (χ2v) is 4.10. The van der Waals surface area contributed by atoms with Gasteiger partial charge in [-0.25, -0.2) is 0 Å². The number of aliphatic carboxylic acids is 1. The van der Waals surface area contributed by atoms with Gasteiger partial charge in [0.2, 0.25) is 0 Å². The second-order valence-electron chi connectivity index (χ2n) is 4.10. The SMILES string of the molecule is Cn1ccc2cc(C(=O)NCCC(=O)O)ccc21. The van der Waals surface area contributed by atoms with Crippen molar-refractivity contribution in [1.82, 2.24) is 9.88 Å². The maximum atomic E-state index is 11.8. The second kappa shape index (κ2) is 4.91. The van der Waals surface area contributed by atoms with Gasteiger partial charge in [0.05, 0.1) is 6.42 Å². The molecule has 0 bridgehead atoms. The Kier molecular flexibility index (Phi) is 3.32. The smallest absolute Gasteiger partial charge is 0.305 e. The minimum Gasteiger partial charge on any atom is -0.481 e. The molecule has 1 aromatic heterocycles. The fourth-order valence-corrected chi connectivity index (χ4v) is 1.81. The number of hydrogen-bond donors (Lipinski definition) is 2. The predicted octanol–water partition coefficient (Wildman–Crippen LogP) is 1.38. The molecule has 0 spiro atoms. The molecular weight excluding hydrogens is 232 g/mol. The van der Waals surface area contributed by atoms with Gasteiger partial charge in [0.15, 0.2) is 0 Å². The van der Waals surface area contributed by atoms with Gasteiger partial charge >= 0.3 is 5.97 Å². The number of hydrogen-bond acceptors (Lipinski definition) is 2. The molecule has 0 fully saturated rings. The molecule has 2 aromatic rings. The van der Waals surface area contributed by atoms with Crippen LogP contribution in [0.5, 0.6) is 0 Å². The molecule has 5 nitrogen and oxygen atoms in total. The number of carbonyl (C=O) groups excluding carboxylic acids is 1. The number of fused-ring (bicyclic) bond motifs is 1. The summed E-state index contributed by atoms with van der Waals surface area (Å²) in [4.78, 5) is 22.1. The quantitative estimate of drug-likeness (QED) is 0.856. The van der Waals surface area contributed by atoms with E-state index in [1.54, 1.807) is 12.1 Å². The largest absolute Gasteiger partial charge is 0.481 e. The van der Waals surface area contributed by atoms with E-state index in [0.717, 1.165) is 10.9 Å². The third-order valence-corrected chi connectivity index (χ3v) is 2.77. The third kappa shape index (κ3) is 2.51. The van der Waals surface area contributed by atoms with Gasteiger partial charge in [-0.15, -0.1) is 0 Å². The highest BCUT2D eigenvalue weighted by atomic mass is 16.4. The van der Waals surface area contributed by atoms with Crippen molar-refractivity contribution in [2.75, 3.05) is 6.54 Å². The molecule has 1 amide bonds. The molecule has 0 aliphatic carbocycles. The van der Waals surface area contributed by atoms with E-state index in [2.05, 4.69) is 5.32 Å². The molecule has 2 N–H and O–H groups in total. The van der Waals surface area contributed by atoms with Gasteiger partial charge in [-0.3, -0.25) is 9.59 Å². The number of carbonyl (C=O) groups is 2. The Bertz CT molecular complexity index is 601. The molecule has 0 aliphatic rings. The van der Waals surface area contributed by atoms with Crippen molar-refractivity contribution in [3.8, 4) is 0 Å². The Morgan fingerprint density at radius 2 is 2.11 bits per heavy atom. The fraction of sp³-hybridized carbons (Fsp3) is 0.231. The zero-order valence-electron chi connectivity index (χ0n) is 10.0. The number of nitrogens with zero attached hydrogens (tertiary/aromatic N) is 1. The number of rotatable bonds is 4. The van der Waals surface area contributed by atoms with Crippen LogP contribution < -0.4 is 5.32 Å². The highest BCUT2D eigenvalue weighted by molar-refractivity contribution is 5.98. The maximum Gasteiger partial charge on any atom is 0.305 e. The lowest BCUT2D eigenvalue weighted by atomic mass is 10.1. The van der Waals surface area contributed by atoms with E-state index in [1.807, 2.05) is 29.9 Å². The van der Waals surface area contributed by atoms with Gasteiger partial charge in [-0.05, 0) is 24.3 Å². The molecule has 0 saturated heterocycles. The number of amides is 1. The summed E-state index contributed by atoms with van der Waals surface area (Å²) in [5, 5.41) is 12.1. The summed E-state index contributed by atoms with van der Waals surface area (Å²) in [5.41, 5.74) is 1.59. The molecule has 5 heteroatoms. The Morgan fingerprint density at radius 3 is 2.83 bits per heavy atom. The first-order valence-corrected chi connectivity index (χ1v) is 5.63. The molecule has 94 valence electrons. The van der Waals surface area contributed by atoms with Crippen LogP contribution in [0.25, 0.3) is 10.9 Å². The van der Waals surface area contributed by atoms with Gasteiger partial charge in [-0.2, -0.15) is 0 Å². The van der Waals surface area contributed by atoms with Crippen molar-refractivity contribution in [2.45, 2.75) is 6.42 Å². The number of carboxylic acid groups (broad SMARTS) is 1. The van der Waals surface area contributed by atoms with Crippen LogP contribution in [-0.2, 0) is 11.8 Å². The first-order chi connectivity index (χ1) is 8.58. The Hall–Kier alpha value is -2.30. The number of nitrogens with one attached hydrogen (secondary N) is 1. The monoisotopic (exact) mass is 246 g/mol. The van der Waals surface area contributed by atoms with Crippen molar-refractivity contribution >= 4 is 22.8 Å². The minimum absolute atomic E-state index is 0.0701. The lowest BCUT2D eigenvalue weighted by Gasteiger charge is -2.04. The van der Waals surface area contributed by atoms with Crippen LogP contribution in [-0.4, -0.2) is 28.1 Å². The van der Waals surface area contributed by atoms with E-state index in [-0.39, 0.29) is 18.9 Å². The van der Waals surface area contributed by atoms with Crippen molar-refractivity contribution in [2.24, 2.45) is 7.05 Å². The lowest BCUT2D eigenvalue weighted by molar-refractivity contribution is -0.136. The van der Waals surface area contributed by atoms with Crippen molar-refractivity contribution < 1.29 is 14.7 Å². The molecule has 1 aromatic carbocycles. The molecule has 0 aliphatic heterocycles. The Morgan fingerprint density at radius 1 is 1.33 bits per heavy atom. The van der Waals surface area contributed by atoms with Gasteiger partial charge in [0.1, 0.15) is 0 Å². The highest BCUT2D eigenvalue weighted by Gasteiger charge is 2.07. The van der Waals surface area contributed by atoms with Crippen LogP contribution >= 0.6 is 0 Å². The zero-order chi connectivity index (χ0) is 13.1. The van der Waals surface area contributed by atoms with Gasteiger partial charge < -0.3 is 15.0 Å². The molecule has 0 saturated carbocycles. The predicted molar refractivity (Wildman–Crippen MR) is 67.5 cm³/mol. The molecular formula is C13H14N2O3. The van der Waals surface area contributed by atoms with Gasteiger partial charge in [0, 0.05) is 36.3 Å². The first kappa shape index (κ1) is 12.2. The molecule has 18 heavy (non-hydrogen) atoms. The highest BCUT2D eigenvalue weighted by Crippen LogP contribution is 2.16. The minimum atomic E-state index is -0.922. The Labute approximate surface area is 104 Å². The summed E-state index contributed by atoms with van der Waals surface area (Å²) in [6.45, 7) is 0.140. The molecule has 0 radical (unpaired) electrons. The summed E-state index contributed by atoms with van der Waals surface area (Å²) in [6.07, 6.45) is 1.86. The molecule has 0 atom stereocenters. The van der Waals surface area contributed by atoms with E-state index in [0.29, 0.717) is 5.56 Å². The maximum absolute atomic E-state index is 11.8. The van der Waals surface area contributed by atoms with Crippen molar-refractivity contribution in [3.05, 3.63) is 36.0 Å².